The smallest absolute Gasteiger partial charge is 0.234 e. The van der Waals surface area contributed by atoms with Gasteiger partial charge in [0.15, 0.2) is 0 Å². The fourth-order valence-electron chi connectivity index (χ4n) is 2.20. The van der Waals surface area contributed by atoms with Crippen molar-refractivity contribution in [1.82, 2.24) is 14.7 Å². The van der Waals surface area contributed by atoms with Gasteiger partial charge in [0.25, 0.3) is 0 Å². The summed E-state index contributed by atoms with van der Waals surface area (Å²) in [5.41, 5.74) is 4.17. The van der Waals surface area contributed by atoms with Crippen molar-refractivity contribution in [3.05, 3.63) is 75.7 Å². The Labute approximate surface area is 151 Å². The lowest BCUT2D eigenvalue weighted by atomic mass is 10.2. The molecule has 128 valence electrons. The molecule has 0 aliphatic rings. The highest BCUT2D eigenvalue weighted by molar-refractivity contribution is 7.92. The first-order valence-corrected chi connectivity index (χ1v) is 10.1. The maximum atomic E-state index is 12.2. The quantitative estimate of drug-likeness (QED) is 0.718. The van der Waals surface area contributed by atoms with E-state index in [0.29, 0.717) is 11.4 Å². The SMILES string of the molecule is Cc1ccc(C=CS(=O)(=O)NCc2nccnc2-c2ccsc2)cc1. The van der Waals surface area contributed by atoms with E-state index in [2.05, 4.69) is 14.7 Å². The van der Waals surface area contributed by atoms with Gasteiger partial charge in [-0.05, 0) is 30.0 Å². The lowest BCUT2D eigenvalue weighted by Gasteiger charge is -2.06. The third kappa shape index (κ3) is 4.82. The van der Waals surface area contributed by atoms with E-state index in [1.165, 1.54) is 0 Å². The normalized spacial score (nSPS) is 11.9. The molecule has 0 fully saturated rings. The molecule has 0 saturated heterocycles. The fourth-order valence-corrected chi connectivity index (χ4v) is 3.61. The van der Waals surface area contributed by atoms with Gasteiger partial charge in [0, 0.05) is 28.7 Å². The lowest BCUT2D eigenvalue weighted by molar-refractivity contribution is 0.590. The highest BCUT2D eigenvalue weighted by Gasteiger charge is 2.11. The molecule has 1 aromatic carbocycles. The topological polar surface area (TPSA) is 72.0 Å². The fraction of sp³-hybridized carbons (Fsp3) is 0.111. The molecule has 0 bridgehead atoms. The Hall–Kier alpha value is -2.35. The van der Waals surface area contributed by atoms with E-state index in [-0.39, 0.29) is 6.54 Å². The summed E-state index contributed by atoms with van der Waals surface area (Å²) in [5.74, 6) is 0. The number of hydrogen-bond acceptors (Lipinski definition) is 5. The van der Waals surface area contributed by atoms with E-state index < -0.39 is 10.0 Å². The Morgan fingerprint density at radius 3 is 2.60 bits per heavy atom. The van der Waals surface area contributed by atoms with E-state index >= 15 is 0 Å². The van der Waals surface area contributed by atoms with Gasteiger partial charge in [-0.2, -0.15) is 11.3 Å². The van der Waals surface area contributed by atoms with Crippen molar-refractivity contribution in [1.29, 1.82) is 0 Å². The minimum atomic E-state index is -3.57. The molecular weight excluding hydrogens is 354 g/mol. The van der Waals surface area contributed by atoms with Gasteiger partial charge in [-0.15, -0.1) is 0 Å². The van der Waals surface area contributed by atoms with Gasteiger partial charge in [0.05, 0.1) is 17.9 Å². The number of thiophene rings is 1. The molecule has 7 heteroatoms. The molecule has 1 N–H and O–H groups in total. The van der Waals surface area contributed by atoms with Crippen LogP contribution in [0.5, 0.6) is 0 Å². The van der Waals surface area contributed by atoms with Crippen molar-refractivity contribution in [2.75, 3.05) is 0 Å². The summed E-state index contributed by atoms with van der Waals surface area (Å²) in [6, 6.07) is 9.56. The molecule has 5 nitrogen and oxygen atoms in total. The molecule has 0 atom stereocenters. The number of aromatic nitrogens is 2. The molecule has 2 aromatic heterocycles. The first-order chi connectivity index (χ1) is 12.0. The molecule has 3 rings (SSSR count). The van der Waals surface area contributed by atoms with Crippen molar-refractivity contribution < 1.29 is 8.42 Å². The van der Waals surface area contributed by atoms with Crippen LogP contribution >= 0.6 is 11.3 Å². The lowest BCUT2D eigenvalue weighted by Crippen LogP contribution is -2.21. The van der Waals surface area contributed by atoms with Crippen LogP contribution in [0.15, 0.2) is 58.9 Å². The van der Waals surface area contributed by atoms with Gasteiger partial charge in [-0.25, -0.2) is 13.1 Å². The maximum absolute atomic E-state index is 12.2. The van der Waals surface area contributed by atoms with Crippen LogP contribution in [-0.4, -0.2) is 18.4 Å². The van der Waals surface area contributed by atoms with Gasteiger partial charge in [-0.3, -0.25) is 9.97 Å². The molecule has 0 aliphatic heterocycles. The average molecular weight is 371 g/mol. The van der Waals surface area contributed by atoms with Crippen LogP contribution in [0.25, 0.3) is 17.3 Å². The van der Waals surface area contributed by atoms with Crippen molar-refractivity contribution in [3.63, 3.8) is 0 Å². The standard InChI is InChI=1S/C18H17N3O2S2/c1-14-2-4-15(5-3-14)7-11-25(22,23)21-12-17-18(20-9-8-19-17)16-6-10-24-13-16/h2-11,13,21H,12H2,1H3. The third-order valence-corrected chi connectivity index (χ3v) is 5.25. The summed E-state index contributed by atoms with van der Waals surface area (Å²) in [6.07, 6.45) is 4.72. The summed E-state index contributed by atoms with van der Waals surface area (Å²) >= 11 is 1.56. The second-order valence-corrected chi connectivity index (χ2v) is 7.87. The molecule has 0 spiro atoms. The summed E-state index contributed by atoms with van der Waals surface area (Å²) in [7, 11) is -3.57. The van der Waals surface area contributed by atoms with Crippen molar-refractivity contribution >= 4 is 27.4 Å². The first kappa shape index (κ1) is 17.5. The predicted octanol–water partition coefficient (Wildman–Crippen LogP) is 3.60. The number of hydrogen-bond donors (Lipinski definition) is 1. The molecule has 0 amide bonds. The van der Waals surface area contributed by atoms with Gasteiger partial charge in [0.1, 0.15) is 0 Å². The van der Waals surface area contributed by atoms with Crippen molar-refractivity contribution in [2.24, 2.45) is 0 Å². The Balaban J connectivity index is 1.72. The number of benzene rings is 1. The minimum absolute atomic E-state index is 0.0829. The molecule has 25 heavy (non-hydrogen) atoms. The van der Waals surface area contributed by atoms with Crippen LogP contribution in [-0.2, 0) is 16.6 Å². The molecule has 0 radical (unpaired) electrons. The zero-order chi connectivity index (χ0) is 17.7. The Morgan fingerprint density at radius 1 is 1.12 bits per heavy atom. The summed E-state index contributed by atoms with van der Waals surface area (Å²) in [5, 5.41) is 5.07. The van der Waals surface area contributed by atoms with E-state index in [1.807, 2.05) is 48.0 Å². The summed E-state index contributed by atoms with van der Waals surface area (Å²) < 4.78 is 26.9. The molecular formula is C18H17N3O2S2. The third-order valence-electron chi connectivity index (χ3n) is 3.53. The second kappa shape index (κ2) is 7.69. The Bertz CT molecular complexity index is 964. The number of sulfonamides is 1. The number of nitrogens with zero attached hydrogens (tertiary/aromatic N) is 2. The summed E-state index contributed by atoms with van der Waals surface area (Å²) in [4.78, 5) is 8.57. The van der Waals surface area contributed by atoms with Gasteiger partial charge >= 0.3 is 0 Å². The number of rotatable bonds is 6. The predicted molar refractivity (Wildman–Crippen MR) is 101 cm³/mol. The van der Waals surface area contributed by atoms with E-state index in [0.717, 1.165) is 22.1 Å². The second-order valence-electron chi connectivity index (χ2n) is 5.44. The van der Waals surface area contributed by atoms with Crippen LogP contribution in [0.1, 0.15) is 16.8 Å². The monoisotopic (exact) mass is 371 g/mol. The number of aryl methyl sites for hydroxylation is 1. The highest BCUT2D eigenvalue weighted by atomic mass is 32.2. The molecule has 0 aliphatic carbocycles. The van der Waals surface area contributed by atoms with Crippen LogP contribution in [0.2, 0.25) is 0 Å². The van der Waals surface area contributed by atoms with Gasteiger partial charge in [0.2, 0.25) is 10.0 Å². The van der Waals surface area contributed by atoms with Gasteiger partial charge in [-0.1, -0.05) is 29.8 Å². The molecule has 0 saturated carbocycles. The van der Waals surface area contributed by atoms with Gasteiger partial charge < -0.3 is 0 Å². The Morgan fingerprint density at radius 2 is 1.88 bits per heavy atom. The zero-order valence-electron chi connectivity index (χ0n) is 13.6. The molecule has 0 unspecified atom stereocenters. The van der Waals surface area contributed by atoms with Crippen LogP contribution in [0.4, 0.5) is 0 Å². The average Bonchev–Trinajstić information content (AvgIpc) is 3.14. The minimum Gasteiger partial charge on any atom is -0.256 e. The molecule has 3 aromatic rings. The van der Waals surface area contributed by atoms with E-state index in [4.69, 9.17) is 0 Å². The van der Waals surface area contributed by atoms with Crippen LogP contribution in [0.3, 0.4) is 0 Å². The zero-order valence-corrected chi connectivity index (χ0v) is 15.2. The maximum Gasteiger partial charge on any atom is 0.234 e. The first-order valence-electron chi connectivity index (χ1n) is 7.60. The number of nitrogens with one attached hydrogen (secondary N) is 1. The molecule has 2 heterocycles. The van der Waals surface area contributed by atoms with E-state index in [1.54, 1.807) is 29.8 Å². The van der Waals surface area contributed by atoms with Crippen LogP contribution < -0.4 is 4.72 Å². The summed E-state index contributed by atoms with van der Waals surface area (Å²) in [6.45, 7) is 2.07. The highest BCUT2D eigenvalue weighted by Crippen LogP contribution is 2.22. The van der Waals surface area contributed by atoms with Crippen molar-refractivity contribution in [2.45, 2.75) is 13.5 Å². The largest absolute Gasteiger partial charge is 0.256 e. The van der Waals surface area contributed by atoms with Crippen LogP contribution in [0, 0.1) is 6.92 Å². The Kier molecular flexibility index (Phi) is 5.37. The van der Waals surface area contributed by atoms with Crippen molar-refractivity contribution in [3.8, 4) is 11.3 Å². The van der Waals surface area contributed by atoms with E-state index in [9.17, 15) is 8.42 Å².